The van der Waals surface area contributed by atoms with Gasteiger partial charge >= 0.3 is 0 Å². The average molecular weight is 266 g/mol. The molecule has 5 nitrogen and oxygen atoms in total. The minimum atomic E-state index is -0.166. The Balaban J connectivity index is 2.22. The minimum absolute atomic E-state index is 0.0333. The largest absolute Gasteiger partial charge is 0.396 e. The molecular formula is C12H14N2O3S. The van der Waals surface area contributed by atoms with Crippen molar-refractivity contribution in [3.63, 3.8) is 0 Å². The Hall–Kier alpha value is -1.53. The van der Waals surface area contributed by atoms with Crippen molar-refractivity contribution in [1.29, 1.82) is 0 Å². The molecule has 2 rings (SSSR count). The molecule has 2 amide bonds. The van der Waals surface area contributed by atoms with Gasteiger partial charge in [-0.25, -0.2) is 0 Å². The van der Waals surface area contributed by atoms with Gasteiger partial charge in [0.1, 0.15) is 0 Å². The highest BCUT2D eigenvalue weighted by molar-refractivity contribution is 8.00. The molecule has 2 N–H and O–H groups in total. The third-order valence-electron chi connectivity index (χ3n) is 2.68. The fourth-order valence-electron chi connectivity index (χ4n) is 1.69. The number of carbonyl (C=O) groups excluding carboxylic acids is 2. The molecule has 1 heterocycles. The molecule has 1 aromatic rings. The first-order chi connectivity index (χ1) is 8.61. The van der Waals surface area contributed by atoms with Crippen LogP contribution in [0.25, 0.3) is 0 Å². The average Bonchev–Trinajstić information content (AvgIpc) is 2.37. The highest BCUT2D eigenvalue weighted by Gasteiger charge is 2.17. The monoisotopic (exact) mass is 266 g/mol. The number of nitrogens with one attached hydrogen (secondary N) is 1. The minimum Gasteiger partial charge on any atom is -0.396 e. The SMILES string of the molecule is CN(C(=O)CCO)c1ccc2c(c1)NC(=O)CS2. The second kappa shape index (κ2) is 5.41. The number of fused-ring (bicyclic) bond motifs is 1. The second-order valence-electron chi connectivity index (χ2n) is 3.94. The van der Waals surface area contributed by atoms with Gasteiger partial charge in [0, 0.05) is 17.6 Å². The van der Waals surface area contributed by atoms with Crippen LogP contribution in [-0.4, -0.2) is 36.3 Å². The molecule has 0 saturated heterocycles. The molecule has 0 aromatic heterocycles. The van der Waals surface area contributed by atoms with Crippen molar-refractivity contribution in [3.05, 3.63) is 18.2 Å². The van der Waals surface area contributed by atoms with Crippen LogP contribution in [0.4, 0.5) is 11.4 Å². The summed E-state index contributed by atoms with van der Waals surface area (Å²) in [5.74, 6) is 0.229. The van der Waals surface area contributed by atoms with Crippen LogP contribution >= 0.6 is 11.8 Å². The first-order valence-electron chi connectivity index (χ1n) is 5.56. The zero-order valence-electron chi connectivity index (χ0n) is 9.97. The second-order valence-corrected chi connectivity index (χ2v) is 4.96. The number of hydrogen-bond acceptors (Lipinski definition) is 4. The predicted octanol–water partition coefficient (Wildman–Crippen LogP) is 1.08. The summed E-state index contributed by atoms with van der Waals surface area (Å²) in [4.78, 5) is 25.4. The number of amides is 2. The molecule has 1 aliphatic heterocycles. The van der Waals surface area contributed by atoms with Crippen molar-refractivity contribution in [3.8, 4) is 0 Å². The van der Waals surface area contributed by atoms with Crippen LogP contribution < -0.4 is 10.2 Å². The summed E-state index contributed by atoms with van der Waals surface area (Å²) < 4.78 is 0. The van der Waals surface area contributed by atoms with E-state index in [1.807, 2.05) is 12.1 Å². The summed E-state index contributed by atoms with van der Waals surface area (Å²) in [6, 6.07) is 5.49. The van der Waals surface area contributed by atoms with E-state index in [1.165, 1.54) is 16.7 Å². The molecule has 0 atom stereocenters. The molecule has 6 heteroatoms. The molecule has 0 aliphatic carbocycles. The van der Waals surface area contributed by atoms with Crippen LogP contribution in [-0.2, 0) is 9.59 Å². The summed E-state index contributed by atoms with van der Waals surface area (Å²) >= 11 is 1.48. The molecule has 0 fully saturated rings. The van der Waals surface area contributed by atoms with E-state index >= 15 is 0 Å². The number of thioether (sulfide) groups is 1. The number of aliphatic hydroxyl groups is 1. The molecule has 1 aromatic carbocycles. The lowest BCUT2D eigenvalue weighted by Gasteiger charge is -2.21. The maximum absolute atomic E-state index is 11.6. The molecule has 0 radical (unpaired) electrons. The van der Waals surface area contributed by atoms with Crippen molar-refractivity contribution in [2.45, 2.75) is 11.3 Å². The maximum Gasteiger partial charge on any atom is 0.234 e. The third-order valence-corrected chi connectivity index (χ3v) is 3.76. The molecule has 0 unspecified atom stereocenters. The van der Waals surface area contributed by atoms with Gasteiger partial charge in [-0.1, -0.05) is 0 Å². The van der Waals surface area contributed by atoms with E-state index in [4.69, 9.17) is 5.11 Å². The smallest absolute Gasteiger partial charge is 0.234 e. The number of hydrogen-bond donors (Lipinski definition) is 2. The lowest BCUT2D eigenvalue weighted by Crippen LogP contribution is -2.27. The van der Waals surface area contributed by atoms with Crippen LogP contribution in [0.2, 0.25) is 0 Å². The summed E-state index contributed by atoms with van der Waals surface area (Å²) in [7, 11) is 1.65. The number of aliphatic hydroxyl groups excluding tert-OH is 1. The summed E-state index contributed by atoms with van der Waals surface area (Å²) in [5.41, 5.74) is 1.44. The molecule has 0 bridgehead atoms. The molecule has 96 valence electrons. The van der Waals surface area contributed by atoms with E-state index in [0.717, 1.165) is 10.6 Å². The van der Waals surface area contributed by atoms with Gasteiger partial charge < -0.3 is 15.3 Å². The normalized spacial score (nSPS) is 13.8. The van der Waals surface area contributed by atoms with Gasteiger partial charge in [-0.05, 0) is 18.2 Å². The Morgan fingerprint density at radius 2 is 2.33 bits per heavy atom. The van der Waals surface area contributed by atoms with Crippen LogP contribution in [0, 0.1) is 0 Å². The lowest BCUT2D eigenvalue weighted by molar-refractivity contribution is -0.119. The summed E-state index contributed by atoms with van der Waals surface area (Å²) in [6.45, 7) is -0.166. The number of anilines is 2. The Kier molecular flexibility index (Phi) is 3.88. The van der Waals surface area contributed by atoms with E-state index < -0.39 is 0 Å². The first-order valence-corrected chi connectivity index (χ1v) is 6.54. The van der Waals surface area contributed by atoms with E-state index in [1.54, 1.807) is 13.1 Å². The van der Waals surface area contributed by atoms with Gasteiger partial charge in [0.2, 0.25) is 11.8 Å². The Morgan fingerprint density at radius 1 is 1.56 bits per heavy atom. The van der Waals surface area contributed by atoms with Crippen molar-refractivity contribution < 1.29 is 14.7 Å². The van der Waals surface area contributed by atoms with Gasteiger partial charge in [-0.3, -0.25) is 9.59 Å². The summed E-state index contributed by atoms with van der Waals surface area (Å²) in [6.07, 6.45) is 0.0920. The number of rotatable bonds is 3. The standard InChI is InChI=1S/C12H14N2O3S/c1-14(12(17)4-5-15)8-2-3-10-9(6-8)13-11(16)7-18-10/h2-3,6,15H,4-5,7H2,1H3,(H,13,16). The van der Waals surface area contributed by atoms with Gasteiger partial charge in [-0.15, -0.1) is 11.8 Å². The number of benzene rings is 1. The molecular weight excluding hydrogens is 252 g/mol. The van der Waals surface area contributed by atoms with Crippen LogP contribution in [0.3, 0.4) is 0 Å². The van der Waals surface area contributed by atoms with Crippen molar-refractivity contribution >= 4 is 35.0 Å². The zero-order valence-corrected chi connectivity index (χ0v) is 10.8. The van der Waals surface area contributed by atoms with Gasteiger partial charge in [0.05, 0.1) is 24.5 Å². The van der Waals surface area contributed by atoms with Crippen LogP contribution in [0.5, 0.6) is 0 Å². The van der Waals surface area contributed by atoms with Gasteiger partial charge in [0.25, 0.3) is 0 Å². The van der Waals surface area contributed by atoms with Crippen LogP contribution in [0.1, 0.15) is 6.42 Å². The predicted molar refractivity (Wildman–Crippen MR) is 70.9 cm³/mol. The molecule has 18 heavy (non-hydrogen) atoms. The quantitative estimate of drug-likeness (QED) is 0.859. The highest BCUT2D eigenvalue weighted by Crippen LogP contribution is 2.34. The topological polar surface area (TPSA) is 69.6 Å². The number of nitrogens with zero attached hydrogens (tertiary/aromatic N) is 1. The zero-order chi connectivity index (χ0) is 13.1. The summed E-state index contributed by atoms with van der Waals surface area (Å²) in [5, 5.41) is 11.5. The number of carbonyl (C=O) groups is 2. The Bertz CT molecular complexity index is 490. The van der Waals surface area contributed by atoms with Crippen LogP contribution in [0.15, 0.2) is 23.1 Å². The lowest BCUT2D eigenvalue weighted by atomic mass is 10.2. The van der Waals surface area contributed by atoms with Crippen molar-refractivity contribution in [2.24, 2.45) is 0 Å². The highest BCUT2D eigenvalue weighted by atomic mass is 32.2. The molecule has 0 saturated carbocycles. The van der Waals surface area contributed by atoms with Crippen molar-refractivity contribution in [2.75, 3.05) is 29.6 Å². The van der Waals surface area contributed by atoms with Gasteiger partial charge in [-0.2, -0.15) is 0 Å². The van der Waals surface area contributed by atoms with E-state index in [2.05, 4.69) is 5.32 Å². The Morgan fingerprint density at radius 3 is 3.06 bits per heavy atom. The fraction of sp³-hybridized carbons (Fsp3) is 0.333. The Labute approximate surface area is 109 Å². The van der Waals surface area contributed by atoms with Gasteiger partial charge in [0.15, 0.2) is 0 Å². The van der Waals surface area contributed by atoms with E-state index in [0.29, 0.717) is 11.4 Å². The maximum atomic E-state index is 11.6. The molecule has 1 aliphatic rings. The molecule has 0 spiro atoms. The van der Waals surface area contributed by atoms with E-state index in [-0.39, 0.29) is 24.8 Å². The first kappa shape index (κ1) is 12.9. The van der Waals surface area contributed by atoms with Crippen molar-refractivity contribution in [1.82, 2.24) is 0 Å². The third kappa shape index (κ3) is 2.65. The van der Waals surface area contributed by atoms with E-state index in [9.17, 15) is 9.59 Å². The fourth-order valence-corrected chi connectivity index (χ4v) is 2.48.